The standard InChI is InChI=1S/C20H31NO3.ClH/c1-3-21(4-2)15-16-24-19(22)18(17-11-7-5-8-12-17)20(23)13-9-6-10-14-20;/h5,7-8,11-12,18,23H,3-4,6,9-10,13-16H2,1-2H3;1H. The molecule has 1 aliphatic rings. The van der Waals surface area contributed by atoms with Crippen LogP contribution in [0.4, 0.5) is 0 Å². The summed E-state index contributed by atoms with van der Waals surface area (Å²) in [6.07, 6.45) is 4.38. The van der Waals surface area contributed by atoms with Crippen molar-refractivity contribution >= 4 is 18.4 Å². The van der Waals surface area contributed by atoms with Crippen LogP contribution in [0.5, 0.6) is 0 Å². The summed E-state index contributed by atoms with van der Waals surface area (Å²) >= 11 is 0. The maximum Gasteiger partial charge on any atom is 0.316 e. The van der Waals surface area contributed by atoms with Crippen molar-refractivity contribution in [2.75, 3.05) is 26.2 Å². The van der Waals surface area contributed by atoms with E-state index in [-0.39, 0.29) is 18.4 Å². The van der Waals surface area contributed by atoms with E-state index in [1.54, 1.807) is 0 Å². The summed E-state index contributed by atoms with van der Waals surface area (Å²) in [6.45, 7) is 7.20. The van der Waals surface area contributed by atoms with E-state index in [9.17, 15) is 9.90 Å². The number of likely N-dealkylation sites (N-methyl/N-ethyl adjacent to an activating group) is 1. The highest BCUT2D eigenvalue weighted by atomic mass is 35.5. The van der Waals surface area contributed by atoms with E-state index in [1.807, 2.05) is 30.3 Å². The molecule has 5 heteroatoms. The lowest BCUT2D eigenvalue weighted by Gasteiger charge is -2.38. The second kappa shape index (κ2) is 10.8. The van der Waals surface area contributed by atoms with Crippen molar-refractivity contribution in [1.29, 1.82) is 0 Å². The van der Waals surface area contributed by atoms with E-state index in [4.69, 9.17) is 4.74 Å². The largest absolute Gasteiger partial charge is 0.464 e. The van der Waals surface area contributed by atoms with Gasteiger partial charge in [0, 0.05) is 6.54 Å². The molecular formula is C20H32ClNO3. The van der Waals surface area contributed by atoms with Crippen LogP contribution in [0.25, 0.3) is 0 Å². The fourth-order valence-corrected chi connectivity index (χ4v) is 3.66. The number of aliphatic hydroxyl groups is 1. The highest BCUT2D eigenvalue weighted by Crippen LogP contribution is 2.40. The first kappa shape index (κ1) is 21.9. The minimum atomic E-state index is -0.980. The number of ether oxygens (including phenoxy) is 1. The van der Waals surface area contributed by atoms with E-state index >= 15 is 0 Å². The van der Waals surface area contributed by atoms with Crippen LogP contribution >= 0.6 is 12.4 Å². The maximum absolute atomic E-state index is 12.8. The van der Waals surface area contributed by atoms with Crippen LogP contribution in [0.3, 0.4) is 0 Å². The number of carbonyl (C=O) groups excluding carboxylic acids is 1. The molecule has 0 radical (unpaired) electrons. The van der Waals surface area contributed by atoms with Crippen molar-refractivity contribution in [2.24, 2.45) is 0 Å². The number of rotatable bonds is 8. The van der Waals surface area contributed by atoms with Gasteiger partial charge in [0.1, 0.15) is 12.5 Å². The molecule has 0 heterocycles. The number of nitrogens with zero attached hydrogens (tertiary/aromatic N) is 1. The van der Waals surface area contributed by atoms with Gasteiger partial charge >= 0.3 is 5.97 Å². The van der Waals surface area contributed by atoms with Crippen LogP contribution in [0.2, 0.25) is 0 Å². The van der Waals surface area contributed by atoms with Gasteiger partial charge in [-0.15, -0.1) is 12.4 Å². The first-order valence-electron chi connectivity index (χ1n) is 9.27. The molecule has 142 valence electrons. The number of halogens is 1. The van der Waals surface area contributed by atoms with Gasteiger partial charge < -0.3 is 14.7 Å². The Morgan fingerprint density at radius 1 is 1.16 bits per heavy atom. The number of hydrogen-bond acceptors (Lipinski definition) is 4. The Balaban J connectivity index is 0.00000312. The zero-order chi connectivity index (χ0) is 17.4. The lowest BCUT2D eigenvalue weighted by Crippen LogP contribution is -2.43. The van der Waals surface area contributed by atoms with Gasteiger partial charge in [-0.3, -0.25) is 4.79 Å². The van der Waals surface area contributed by atoms with Gasteiger partial charge in [-0.25, -0.2) is 0 Å². The maximum atomic E-state index is 12.8. The Bertz CT molecular complexity index is 499. The van der Waals surface area contributed by atoms with Crippen LogP contribution in [0.15, 0.2) is 30.3 Å². The van der Waals surface area contributed by atoms with E-state index in [1.165, 1.54) is 0 Å². The Morgan fingerprint density at radius 3 is 2.32 bits per heavy atom. The van der Waals surface area contributed by atoms with Gasteiger partial charge in [-0.1, -0.05) is 63.4 Å². The fraction of sp³-hybridized carbons (Fsp3) is 0.650. The summed E-state index contributed by atoms with van der Waals surface area (Å²) in [7, 11) is 0. The third-order valence-corrected chi connectivity index (χ3v) is 5.17. The average Bonchev–Trinajstić information content (AvgIpc) is 2.60. The lowest BCUT2D eigenvalue weighted by atomic mass is 9.73. The molecule has 0 spiro atoms. The van der Waals surface area contributed by atoms with E-state index in [0.717, 1.165) is 44.5 Å². The highest BCUT2D eigenvalue weighted by Gasteiger charge is 2.44. The summed E-state index contributed by atoms with van der Waals surface area (Å²) in [4.78, 5) is 15.0. The summed E-state index contributed by atoms with van der Waals surface area (Å²) in [5.41, 5.74) is -0.124. The second-order valence-corrected chi connectivity index (χ2v) is 6.70. The molecule has 4 nitrogen and oxygen atoms in total. The molecule has 1 aliphatic carbocycles. The van der Waals surface area contributed by atoms with Gasteiger partial charge in [-0.2, -0.15) is 0 Å². The average molecular weight is 370 g/mol. The van der Waals surface area contributed by atoms with Gasteiger partial charge in [0.2, 0.25) is 0 Å². The van der Waals surface area contributed by atoms with Crippen LogP contribution in [-0.4, -0.2) is 47.8 Å². The second-order valence-electron chi connectivity index (χ2n) is 6.70. The van der Waals surface area contributed by atoms with Crippen molar-refractivity contribution in [3.05, 3.63) is 35.9 Å². The predicted molar refractivity (Wildman–Crippen MR) is 103 cm³/mol. The molecule has 1 saturated carbocycles. The summed E-state index contributed by atoms with van der Waals surface area (Å²) < 4.78 is 5.57. The summed E-state index contributed by atoms with van der Waals surface area (Å²) in [6, 6.07) is 9.60. The monoisotopic (exact) mass is 369 g/mol. The predicted octanol–water partition coefficient (Wildman–Crippen LogP) is 3.77. The fourth-order valence-electron chi connectivity index (χ4n) is 3.66. The Labute approximate surface area is 158 Å². The van der Waals surface area contributed by atoms with E-state index in [0.29, 0.717) is 19.4 Å². The van der Waals surface area contributed by atoms with Gasteiger partial charge in [0.25, 0.3) is 0 Å². The molecule has 1 atom stereocenters. The molecule has 25 heavy (non-hydrogen) atoms. The van der Waals surface area contributed by atoms with Gasteiger partial charge in [0.15, 0.2) is 0 Å². The topological polar surface area (TPSA) is 49.8 Å². The number of esters is 1. The van der Waals surface area contributed by atoms with Crippen molar-refractivity contribution in [3.63, 3.8) is 0 Å². The van der Waals surface area contributed by atoms with E-state index in [2.05, 4.69) is 18.7 Å². The van der Waals surface area contributed by atoms with E-state index < -0.39 is 11.5 Å². The molecule has 0 bridgehead atoms. The molecule has 1 unspecified atom stereocenters. The van der Waals surface area contributed by atoms with Crippen LogP contribution in [-0.2, 0) is 9.53 Å². The third-order valence-electron chi connectivity index (χ3n) is 5.17. The van der Waals surface area contributed by atoms with Crippen molar-refractivity contribution in [3.8, 4) is 0 Å². The van der Waals surface area contributed by atoms with Crippen LogP contribution in [0.1, 0.15) is 57.4 Å². The van der Waals surface area contributed by atoms with Gasteiger partial charge in [0.05, 0.1) is 5.60 Å². The molecule has 0 amide bonds. The minimum Gasteiger partial charge on any atom is -0.464 e. The van der Waals surface area contributed by atoms with Crippen molar-refractivity contribution in [1.82, 2.24) is 4.90 Å². The normalized spacial score (nSPS) is 17.6. The molecule has 0 aliphatic heterocycles. The quantitative estimate of drug-likeness (QED) is 0.708. The Morgan fingerprint density at radius 2 is 1.76 bits per heavy atom. The highest BCUT2D eigenvalue weighted by molar-refractivity contribution is 5.85. The molecule has 0 aromatic heterocycles. The van der Waals surface area contributed by atoms with Crippen molar-refractivity contribution < 1.29 is 14.6 Å². The smallest absolute Gasteiger partial charge is 0.316 e. The Kier molecular flexibility index (Phi) is 9.47. The van der Waals surface area contributed by atoms with Gasteiger partial charge in [-0.05, 0) is 31.5 Å². The molecule has 1 N–H and O–H groups in total. The zero-order valence-corrected chi connectivity index (χ0v) is 16.3. The molecule has 1 aromatic carbocycles. The first-order chi connectivity index (χ1) is 11.6. The molecule has 1 aromatic rings. The van der Waals surface area contributed by atoms with Crippen molar-refractivity contribution in [2.45, 2.75) is 57.5 Å². The SMILES string of the molecule is CCN(CC)CCOC(=O)C(c1ccccc1)C1(O)CCCCC1.Cl. The molecule has 1 fully saturated rings. The lowest BCUT2D eigenvalue weighted by molar-refractivity contribution is -0.155. The third kappa shape index (κ3) is 5.98. The molecule has 0 saturated heterocycles. The molecule has 2 rings (SSSR count). The van der Waals surface area contributed by atoms with Crippen LogP contribution < -0.4 is 0 Å². The summed E-state index contributed by atoms with van der Waals surface area (Å²) in [5, 5.41) is 11.1. The molecular weight excluding hydrogens is 338 g/mol. The number of hydrogen-bond donors (Lipinski definition) is 1. The van der Waals surface area contributed by atoms with Crippen LogP contribution in [0, 0.1) is 0 Å². The number of benzene rings is 1. The first-order valence-corrected chi connectivity index (χ1v) is 9.27. The zero-order valence-electron chi connectivity index (χ0n) is 15.4. The number of carbonyl (C=O) groups is 1. The summed E-state index contributed by atoms with van der Waals surface area (Å²) in [5.74, 6) is -0.881. The Hall–Kier alpha value is -1.10. The minimum absolute atomic E-state index is 0.